The van der Waals surface area contributed by atoms with Gasteiger partial charge in [-0.05, 0) is 329 Å². The fourth-order valence-electron chi connectivity index (χ4n) is 16.3. The fourth-order valence-corrected chi connectivity index (χ4v) is 16.3. The fraction of sp³-hybridized carbons (Fsp3) is 0.852. The van der Waals surface area contributed by atoms with E-state index in [2.05, 4.69) is 246 Å². The lowest BCUT2D eigenvalue weighted by molar-refractivity contribution is 0.00578. The van der Waals surface area contributed by atoms with Crippen LogP contribution in [-0.2, 0) is 87.3 Å². The molecule has 10 rings (SSSR count). The van der Waals surface area contributed by atoms with Crippen molar-refractivity contribution >= 4 is 56.9 Å². The van der Waals surface area contributed by atoms with Crippen LogP contribution in [0.3, 0.4) is 0 Å². The summed E-state index contributed by atoms with van der Waals surface area (Å²) in [4.78, 5) is 0. The third-order valence-electron chi connectivity index (χ3n) is 29.4. The third kappa shape index (κ3) is 18.1. The van der Waals surface area contributed by atoms with E-state index in [9.17, 15) is 0 Å². The van der Waals surface area contributed by atoms with E-state index in [0.29, 0.717) is 44.9 Å². The lowest BCUT2D eigenvalue weighted by atomic mass is 9.48. The Morgan fingerprint density at radius 1 is 0.206 bits per heavy atom. The Morgan fingerprint density at radius 2 is 0.327 bits per heavy atom. The van der Waals surface area contributed by atoms with Gasteiger partial charge in [-0.1, -0.05) is 69.2 Å². The van der Waals surface area contributed by atoms with Crippen molar-refractivity contribution in [2.24, 2.45) is 0 Å². The summed E-state index contributed by atoms with van der Waals surface area (Å²) in [6.07, 6.45) is 7.22. The molecule has 107 heavy (non-hydrogen) atoms. The van der Waals surface area contributed by atoms with Gasteiger partial charge in [-0.25, -0.2) is 0 Å². The Bertz CT molecular complexity index is 2990. The molecule has 0 spiro atoms. The van der Waals surface area contributed by atoms with Gasteiger partial charge < -0.3 is 83.9 Å². The molecule has 0 amide bonds. The average Bonchev–Trinajstić information content (AvgIpc) is 1.61. The van der Waals surface area contributed by atoms with Gasteiger partial charge in [-0.2, -0.15) is 0 Å². The number of hydrogen-bond acceptors (Lipinski definition) is 18. The zero-order valence-electron chi connectivity index (χ0n) is 73.0. The highest BCUT2D eigenvalue weighted by Gasteiger charge is 2.66. The third-order valence-corrected chi connectivity index (χ3v) is 29.4. The van der Waals surface area contributed by atoms with E-state index in [0.717, 1.165) is 37.2 Å². The maximum absolute atomic E-state index is 7.47. The number of rotatable bonds is 30. The van der Waals surface area contributed by atoms with E-state index in [-0.39, 0.29) is 46.5 Å². The summed E-state index contributed by atoms with van der Waals surface area (Å²) in [5.74, 6) is -0.229. The molecule has 596 valence electrons. The number of ether oxygens (including phenoxy) is 2. The van der Waals surface area contributed by atoms with Crippen LogP contribution in [0.25, 0.3) is 0 Å². The summed E-state index contributed by atoms with van der Waals surface area (Å²) >= 11 is 0. The second-order valence-corrected chi connectivity index (χ2v) is 41.5. The summed E-state index contributed by atoms with van der Waals surface area (Å²) in [7, 11) is -1.58. The van der Waals surface area contributed by atoms with Crippen LogP contribution in [0, 0.1) is 0 Å². The van der Waals surface area contributed by atoms with Gasteiger partial charge in [-0.15, -0.1) is 0 Å². The Labute approximate surface area is 651 Å². The minimum absolute atomic E-state index is 0.0960. The van der Waals surface area contributed by atoms with E-state index in [1.54, 1.807) is 14.2 Å². The smallest absolute Gasteiger partial charge is 0.461 e. The Balaban J connectivity index is 1.10. The lowest BCUT2D eigenvalue weighted by Crippen LogP contribution is -2.41. The van der Waals surface area contributed by atoms with Crippen LogP contribution in [0.15, 0.2) is 48.5 Å². The zero-order valence-corrected chi connectivity index (χ0v) is 73.0. The molecule has 0 N–H and O–H groups in total. The van der Waals surface area contributed by atoms with Crippen molar-refractivity contribution in [2.75, 3.05) is 14.2 Å². The molecule has 0 aromatic heterocycles. The van der Waals surface area contributed by atoms with E-state index < -0.39 is 147 Å². The molecule has 8 aliphatic heterocycles. The molecule has 26 heteroatoms. The molecule has 0 aliphatic carbocycles. The molecule has 8 heterocycles. The molecule has 8 aliphatic rings. The molecule has 2 aromatic rings. The number of benzene rings is 2. The summed E-state index contributed by atoms with van der Waals surface area (Å²) in [5.41, 5.74) is -7.92. The topological polar surface area (TPSA) is 166 Å². The molecule has 8 atom stereocenters. The first kappa shape index (κ1) is 87.3. The van der Waals surface area contributed by atoms with Crippen LogP contribution in [-0.4, -0.2) is 161 Å². The van der Waals surface area contributed by atoms with Crippen molar-refractivity contribution in [3.8, 4) is 11.5 Å². The van der Waals surface area contributed by atoms with Crippen molar-refractivity contribution in [1.29, 1.82) is 0 Å². The lowest BCUT2D eigenvalue weighted by Gasteiger charge is -2.35. The Hall–Kier alpha value is -2.08. The first-order valence-corrected chi connectivity index (χ1v) is 40.8. The average molecular weight is 1490 g/mol. The van der Waals surface area contributed by atoms with Gasteiger partial charge in [-0.3, -0.25) is 0 Å². The van der Waals surface area contributed by atoms with Gasteiger partial charge in [0.1, 0.15) is 11.5 Å². The molecular weight excluding hydrogens is 1350 g/mol. The summed E-state index contributed by atoms with van der Waals surface area (Å²) in [6.45, 7) is 68.6. The second kappa shape index (κ2) is 30.2. The first-order valence-electron chi connectivity index (χ1n) is 40.8. The Morgan fingerprint density at radius 3 is 0.458 bits per heavy atom. The van der Waals surface area contributed by atoms with Crippen LogP contribution in [0.4, 0.5) is 0 Å². The summed E-state index contributed by atoms with van der Waals surface area (Å²) < 4.78 is 129. The highest BCUT2D eigenvalue weighted by atomic mass is 16.7. The summed E-state index contributed by atoms with van der Waals surface area (Å²) in [6, 6.07) is 16.8. The van der Waals surface area contributed by atoms with Crippen molar-refractivity contribution < 1.29 is 83.9 Å². The predicted molar refractivity (Wildman–Crippen MR) is 434 cm³/mol. The molecule has 18 nitrogen and oxygen atoms in total. The van der Waals surface area contributed by atoms with Crippen LogP contribution in [0.2, 0.25) is 46.5 Å². The highest BCUT2D eigenvalue weighted by Crippen LogP contribution is 2.59. The van der Waals surface area contributed by atoms with E-state index in [1.807, 2.05) is 24.3 Å². The van der Waals surface area contributed by atoms with Crippen molar-refractivity contribution in [2.45, 2.75) is 428 Å². The highest BCUT2D eigenvalue weighted by molar-refractivity contribution is 6.54. The van der Waals surface area contributed by atoms with Gasteiger partial charge in [0, 0.05) is 0 Å². The van der Waals surface area contributed by atoms with Crippen LogP contribution < -0.4 is 9.47 Å². The van der Waals surface area contributed by atoms with Crippen LogP contribution in [0.5, 0.6) is 11.5 Å². The molecule has 0 saturated carbocycles. The van der Waals surface area contributed by atoms with Crippen molar-refractivity contribution in [3.63, 3.8) is 0 Å². The minimum Gasteiger partial charge on any atom is -0.497 e. The molecule has 8 saturated heterocycles. The van der Waals surface area contributed by atoms with Gasteiger partial charge >= 0.3 is 56.9 Å². The summed E-state index contributed by atoms with van der Waals surface area (Å²) in [5, 5.41) is 0. The SMILES string of the molecule is COc1ccc(CC[C@@H](C[C@@H](C[C@@H](C[C@H](C[C@@H](C[C@H](C[C@H](C[C@H](CCc2ccc(OC)cc2)B2OC(C)(C)C(C)(C)O2)B2OC(C)(C)C(C)(C)O2)B2OC(C)(C)C(C)(C)O2)B2OC(C)(C)C(C)(C)O2)B2OC(C)(C)C(C)(C)O2)B2OC(C)(C)C(C)(C)O2)B2OC(C)(C)C(C)(C)O2)B2OC(C)(C)C(C)(C)O2)cc1. The number of hydrogen-bond donors (Lipinski definition) is 0. The normalized spacial score (nSPS) is 28.3. The first-order chi connectivity index (χ1) is 48.7. The van der Waals surface area contributed by atoms with E-state index >= 15 is 0 Å². The number of methoxy groups -OCH3 is 2. The zero-order chi connectivity index (χ0) is 79.7. The van der Waals surface area contributed by atoms with Crippen molar-refractivity contribution in [3.05, 3.63) is 59.7 Å². The molecule has 2 aromatic carbocycles. The van der Waals surface area contributed by atoms with Crippen LogP contribution in [0.1, 0.15) is 290 Å². The molecule has 8 fully saturated rings. The predicted octanol–water partition coefficient (Wildman–Crippen LogP) is 18.7. The largest absolute Gasteiger partial charge is 0.497 e. The van der Waals surface area contributed by atoms with Gasteiger partial charge in [0.15, 0.2) is 0 Å². The molecule has 0 radical (unpaired) electrons. The minimum atomic E-state index is -0.691. The van der Waals surface area contributed by atoms with Crippen LogP contribution >= 0.6 is 0 Å². The monoisotopic (exact) mass is 1490 g/mol. The molecular formula is C81H140B8O18. The Kier molecular flexibility index (Phi) is 24.6. The quantitative estimate of drug-likeness (QED) is 0.0677. The van der Waals surface area contributed by atoms with Gasteiger partial charge in [0.25, 0.3) is 0 Å². The maximum atomic E-state index is 7.47. The number of aryl methyl sites for hydroxylation is 2. The van der Waals surface area contributed by atoms with Crippen molar-refractivity contribution in [1.82, 2.24) is 0 Å². The second-order valence-electron chi connectivity index (χ2n) is 41.5. The maximum Gasteiger partial charge on any atom is 0.461 e. The van der Waals surface area contributed by atoms with Gasteiger partial charge in [0.05, 0.1) is 104 Å². The van der Waals surface area contributed by atoms with E-state index in [1.165, 1.54) is 11.1 Å². The standard InChI is InChI=1S/C81H140B8O18/c1-66(2)67(3,4)93-82(92-66)56(41-35-54-37-43-64(90-33)44-38-54)47-58(84-96-70(9,10)71(11,12)97-84)49-60(86-100-74(17,18)75(19,20)101-86)51-62(88-104-78(25,26)79(27,28)105-88)53-63(89-106-80(29,30)81(31,32)107-89)52-61(87-102-76(21,22)77(23,24)103-87)50-59(85-98-72(13,14)73(15,16)99-85)48-57(83-94-68(5,6)69(7,8)95-83)42-36-55-39-45-65(91-34)46-40-55/h37-40,43-46,56-63H,35-36,41-42,47-53H2,1-34H3/t56-,57-,58-,59-,60-,61-,62+,63+/m0/s1. The van der Waals surface area contributed by atoms with E-state index in [4.69, 9.17) is 83.9 Å². The van der Waals surface area contributed by atoms with Gasteiger partial charge in [0.2, 0.25) is 0 Å². The molecule has 0 unspecified atom stereocenters. The molecule has 0 bridgehead atoms.